The molecule has 3 saturated heterocycles. The van der Waals surface area contributed by atoms with Crippen molar-refractivity contribution >= 4 is 34.4 Å². The van der Waals surface area contributed by atoms with E-state index in [0.29, 0.717) is 50.3 Å². The fourth-order valence-corrected chi connectivity index (χ4v) is 5.76. The normalized spacial score (nSPS) is 21.9. The second kappa shape index (κ2) is 10.6. The Labute approximate surface area is 227 Å². The molecule has 4 aliphatic rings. The zero-order valence-corrected chi connectivity index (χ0v) is 22.1. The van der Waals surface area contributed by atoms with E-state index in [4.69, 9.17) is 24.4 Å². The maximum atomic E-state index is 12.9. The van der Waals surface area contributed by atoms with Gasteiger partial charge in [0.2, 0.25) is 5.95 Å². The fourth-order valence-electron chi connectivity index (χ4n) is 5.76. The van der Waals surface area contributed by atoms with Crippen molar-refractivity contribution in [2.45, 2.75) is 44.2 Å². The van der Waals surface area contributed by atoms with Gasteiger partial charge in [-0.15, -0.1) is 0 Å². The van der Waals surface area contributed by atoms with Gasteiger partial charge in [0.05, 0.1) is 25.5 Å². The first-order chi connectivity index (χ1) is 19.2. The van der Waals surface area contributed by atoms with Crippen LogP contribution in [-0.2, 0) is 27.2 Å². The zero-order valence-electron chi connectivity index (χ0n) is 22.1. The number of nitrogens with zero attached hydrogens (tertiary/aromatic N) is 6. The lowest BCUT2D eigenvalue weighted by Crippen LogP contribution is -2.50. The van der Waals surface area contributed by atoms with Gasteiger partial charge in [0.1, 0.15) is 17.4 Å². The van der Waals surface area contributed by atoms with Crippen molar-refractivity contribution in [2.75, 3.05) is 62.8 Å². The van der Waals surface area contributed by atoms with Gasteiger partial charge in [0.25, 0.3) is 5.91 Å². The smallest absolute Gasteiger partial charge is 0.253 e. The number of aromatic nitrogens is 4. The monoisotopic (exact) mass is 530 g/mol. The third kappa shape index (κ3) is 5.02. The molecule has 0 saturated carbocycles. The van der Waals surface area contributed by atoms with E-state index in [1.165, 1.54) is 19.3 Å². The fraction of sp³-hybridized carbons (Fsp3) is 0.536. The molecule has 0 aromatic carbocycles. The second-order valence-electron chi connectivity index (χ2n) is 10.8. The van der Waals surface area contributed by atoms with Crippen LogP contribution >= 0.6 is 0 Å². The average Bonchev–Trinajstić information content (AvgIpc) is 2.96. The van der Waals surface area contributed by atoms with Gasteiger partial charge in [-0.3, -0.25) is 4.79 Å². The SMILES string of the molecule is O=C(C1CNCCO1)N1CCc2nc(Nc3ncc4cc(C5COC5)nc(N5CCCCC5)c4n3)ccc2C1. The molecule has 0 spiro atoms. The van der Waals surface area contributed by atoms with Crippen LogP contribution in [0.15, 0.2) is 24.4 Å². The number of fused-ring (bicyclic) bond motifs is 2. The topological polar surface area (TPSA) is 118 Å². The molecule has 204 valence electrons. The van der Waals surface area contributed by atoms with E-state index in [0.717, 1.165) is 66.5 Å². The predicted molar refractivity (Wildman–Crippen MR) is 146 cm³/mol. The zero-order chi connectivity index (χ0) is 26.2. The first-order valence-corrected chi connectivity index (χ1v) is 14.1. The molecule has 1 amide bonds. The van der Waals surface area contributed by atoms with E-state index >= 15 is 0 Å². The Morgan fingerprint density at radius 2 is 1.97 bits per heavy atom. The molecule has 1 atom stereocenters. The van der Waals surface area contributed by atoms with Gasteiger partial charge in [-0.05, 0) is 37.0 Å². The van der Waals surface area contributed by atoms with Crippen molar-refractivity contribution in [3.8, 4) is 0 Å². The van der Waals surface area contributed by atoms with Crippen LogP contribution in [0.4, 0.5) is 17.6 Å². The molecule has 3 fully saturated rings. The molecule has 3 aromatic heterocycles. The predicted octanol–water partition coefficient (Wildman–Crippen LogP) is 2.14. The van der Waals surface area contributed by atoms with Crippen molar-refractivity contribution in [2.24, 2.45) is 0 Å². The van der Waals surface area contributed by atoms with Gasteiger partial charge in [0, 0.05) is 68.9 Å². The summed E-state index contributed by atoms with van der Waals surface area (Å²) < 4.78 is 11.1. The lowest BCUT2D eigenvalue weighted by atomic mass is 10.0. The van der Waals surface area contributed by atoms with E-state index in [1.54, 1.807) is 0 Å². The van der Waals surface area contributed by atoms with E-state index in [-0.39, 0.29) is 5.91 Å². The van der Waals surface area contributed by atoms with Crippen LogP contribution in [0.1, 0.15) is 42.1 Å². The minimum atomic E-state index is -0.401. The summed E-state index contributed by atoms with van der Waals surface area (Å²) >= 11 is 0. The molecule has 7 heterocycles. The number of carbonyl (C=O) groups excluding carboxylic acids is 1. The van der Waals surface area contributed by atoms with Crippen LogP contribution in [-0.4, -0.2) is 89.4 Å². The molecule has 7 rings (SSSR count). The summed E-state index contributed by atoms with van der Waals surface area (Å²) in [5.41, 5.74) is 3.99. The Balaban J connectivity index is 1.11. The number of hydrogen-bond donors (Lipinski definition) is 2. The van der Waals surface area contributed by atoms with Crippen LogP contribution in [0, 0.1) is 0 Å². The van der Waals surface area contributed by atoms with Crippen molar-refractivity contribution in [1.82, 2.24) is 30.2 Å². The highest BCUT2D eigenvalue weighted by molar-refractivity contribution is 5.89. The quantitative estimate of drug-likeness (QED) is 0.508. The van der Waals surface area contributed by atoms with Crippen molar-refractivity contribution in [1.29, 1.82) is 0 Å². The largest absolute Gasteiger partial charge is 0.380 e. The van der Waals surface area contributed by atoms with Gasteiger partial charge < -0.3 is 29.9 Å². The summed E-state index contributed by atoms with van der Waals surface area (Å²) in [6.07, 6.45) is 5.78. The highest BCUT2D eigenvalue weighted by atomic mass is 16.5. The Morgan fingerprint density at radius 3 is 2.77 bits per heavy atom. The average molecular weight is 531 g/mol. The first-order valence-electron chi connectivity index (χ1n) is 14.1. The minimum Gasteiger partial charge on any atom is -0.380 e. The second-order valence-corrected chi connectivity index (χ2v) is 10.8. The molecule has 3 aromatic rings. The summed E-state index contributed by atoms with van der Waals surface area (Å²) in [6.45, 7) is 6.55. The van der Waals surface area contributed by atoms with Gasteiger partial charge in [-0.2, -0.15) is 0 Å². The molecule has 4 aliphatic heterocycles. The number of carbonyl (C=O) groups is 1. The Bertz CT molecular complexity index is 1370. The molecule has 39 heavy (non-hydrogen) atoms. The lowest BCUT2D eigenvalue weighted by molar-refractivity contribution is -0.146. The lowest BCUT2D eigenvalue weighted by Gasteiger charge is -2.33. The highest BCUT2D eigenvalue weighted by Gasteiger charge is 2.30. The molecule has 11 heteroatoms. The van der Waals surface area contributed by atoms with E-state index < -0.39 is 6.10 Å². The summed E-state index contributed by atoms with van der Waals surface area (Å²) in [5, 5.41) is 7.55. The van der Waals surface area contributed by atoms with Crippen LogP contribution in [0.5, 0.6) is 0 Å². The molecule has 0 radical (unpaired) electrons. The molecule has 0 bridgehead atoms. The number of hydrogen-bond acceptors (Lipinski definition) is 10. The number of amides is 1. The van der Waals surface area contributed by atoms with Crippen molar-refractivity contribution in [3.63, 3.8) is 0 Å². The van der Waals surface area contributed by atoms with Crippen LogP contribution < -0.4 is 15.5 Å². The number of nitrogens with one attached hydrogen (secondary N) is 2. The Hall–Kier alpha value is -3.41. The molecule has 1 unspecified atom stereocenters. The molecular weight excluding hydrogens is 496 g/mol. The number of anilines is 3. The van der Waals surface area contributed by atoms with Gasteiger partial charge >= 0.3 is 0 Å². The van der Waals surface area contributed by atoms with E-state index in [2.05, 4.69) is 26.6 Å². The number of rotatable bonds is 5. The first kappa shape index (κ1) is 24.6. The molecule has 11 nitrogen and oxygen atoms in total. The van der Waals surface area contributed by atoms with Crippen molar-refractivity contribution in [3.05, 3.63) is 41.3 Å². The van der Waals surface area contributed by atoms with Crippen LogP contribution in [0.25, 0.3) is 10.9 Å². The summed E-state index contributed by atoms with van der Waals surface area (Å²) in [5.74, 6) is 2.53. The van der Waals surface area contributed by atoms with Gasteiger partial charge in [0.15, 0.2) is 5.82 Å². The summed E-state index contributed by atoms with van der Waals surface area (Å²) in [6, 6.07) is 6.08. The highest BCUT2D eigenvalue weighted by Crippen LogP contribution is 2.32. The third-order valence-electron chi connectivity index (χ3n) is 8.08. The number of piperidine rings is 1. The van der Waals surface area contributed by atoms with Crippen molar-refractivity contribution < 1.29 is 14.3 Å². The van der Waals surface area contributed by atoms with E-state index in [9.17, 15) is 4.79 Å². The third-order valence-corrected chi connectivity index (χ3v) is 8.08. The van der Waals surface area contributed by atoms with Gasteiger partial charge in [-0.25, -0.2) is 19.9 Å². The maximum Gasteiger partial charge on any atom is 0.253 e. The number of pyridine rings is 2. The number of ether oxygens (including phenoxy) is 2. The molecular formula is C28H34N8O3. The Morgan fingerprint density at radius 1 is 1.08 bits per heavy atom. The summed E-state index contributed by atoms with van der Waals surface area (Å²) in [4.78, 5) is 36.6. The molecule has 2 N–H and O–H groups in total. The molecule has 0 aliphatic carbocycles. The van der Waals surface area contributed by atoms with Crippen LogP contribution in [0.3, 0.4) is 0 Å². The van der Waals surface area contributed by atoms with Gasteiger partial charge in [-0.1, -0.05) is 6.07 Å². The Kier molecular flexibility index (Phi) is 6.71. The maximum absolute atomic E-state index is 12.9. The van der Waals surface area contributed by atoms with Crippen LogP contribution in [0.2, 0.25) is 0 Å². The van der Waals surface area contributed by atoms with E-state index in [1.807, 2.05) is 23.2 Å². The number of morpholine rings is 1. The minimum absolute atomic E-state index is 0.0470. The standard InChI is InChI=1S/C28H34N8O3/c37-27(23-14-29-7-11-39-23)36-10-6-21-18(15-36)4-5-24(31-21)33-28-30-13-19-12-22(20-16-38-17-20)32-26(25(19)34-28)35-8-2-1-3-9-35/h4-5,12-13,20,23,29H,1-3,6-11,14-17H2,(H,30,31,33,34). The summed E-state index contributed by atoms with van der Waals surface area (Å²) in [7, 11) is 0.